The average molecular weight is 324 g/mol. The molecule has 0 saturated heterocycles. The number of methoxy groups -OCH3 is 1. The van der Waals surface area contributed by atoms with Gasteiger partial charge in [0.25, 0.3) is 10.2 Å². The Morgan fingerprint density at radius 3 is 2.50 bits per heavy atom. The van der Waals surface area contributed by atoms with Crippen molar-refractivity contribution in [1.82, 2.24) is 8.61 Å². The topological polar surface area (TPSA) is 66.9 Å². The molecule has 1 aromatic rings. The summed E-state index contributed by atoms with van der Waals surface area (Å²) < 4.78 is 32.8. The predicted octanol–water partition coefficient (Wildman–Crippen LogP) is 1.17. The number of hydrogen-bond donors (Lipinski definition) is 0. The molecule has 120 valence electrons. The summed E-state index contributed by atoms with van der Waals surface area (Å²) in [7, 11) is -2.50. The molecule has 6 nitrogen and oxygen atoms in total. The third kappa shape index (κ3) is 3.55. The van der Waals surface area contributed by atoms with E-state index in [1.807, 2.05) is 30.3 Å². The van der Waals surface area contributed by atoms with Gasteiger partial charge in [-0.15, -0.1) is 0 Å². The molecule has 1 atom stereocenters. The van der Waals surface area contributed by atoms with E-state index in [2.05, 4.69) is 4.74 Å². The fourth-order valence-corrected chi connectivity index (χ4v) is 3.93. The first-order chi connectivity index (χ1) is 10.5. The second-order valence-corrected chi connectivity index (χ2v) is 6.91. The molecule has 22 heavy (non-hydrogen) atoms. The molecule has 1 aliphatic rings. The lowest BCUT2D eigenvalue weighted by molar-refractivity contribution is -0.144. The van der Waals surface area contributed by atoms with Crippen LogP contribution in [0.3, 0.4) is 0 Å². The summed E-state index contributed by atoms with van der Waals surface area (Å²) in [6.45, 7) is 2.23. The third-order valence-electron chi connectivity index (χ3n) is 3.56. The fourth-order valence-electron chi connectivity index (χ4n) is 2.29. The fraction of sp³-hybridized carbons (Fsp3) is 0.400. The molecule has 0 radical (unpaired) electrons. The van der Waals surface area contributed by atoms with E-state index in [9.17, 15) is 13.2 Å². The molecule has 0 saturated carbocycles. The van der Waals surface area contributed by atoms with Crippen molar-refractivity contribution in [1.29, 1.82) is 0 Å². The lowest BCUT2D eigenvalue weighted by Gasteiger charge is -2.29. The molecule has 7 heteroatoms. The van der Waals surface area contributed by atoms with Crippen LogP contribution in [0.25, 0.3) is 0 Å². The zero-order valence-corrected chi connectivity index (χ0v) is 13.5. The van der Waals surface area contributed by atoms with Gasteiger partial charge < -0.3 is 4.74 Å². The van der Waals surface area contributed by atoms with E-state index in [1.165, 1.54) is 18.3 Å². The van der Waals surface area contributed by atoms with Crippen molar-refractivity contribution in [2.45, 2.75) is 19.5 Å². The van der Waals surface area contributed by atoms with Gasteiger partial charge in [0.05, 0.1) is 7.11 Å². The van der Waals surface area contributed by atoms with Crippen LogP contribution >= 0.6 is 0 Å². The van der Waals surface area contributed by atoms with Gasteiger partial charge in [-0.25, -0.2) is 0 Å². The van der Waals surface area contributed by atoms with Gasteiger partial charge >= 0.3 is 5.97 Å². The molecule has 0 bridgehead atoms. The van der Waals surface area contributed by atoms with Crippen molar-refractivity contribution in [3.05, 3.63) is 48.0 Å². The second kappa shape index (κ2) is 7.04. The lowest BCUT2D eigenvalue weighted by atomic mass is 10.2. The van der Waals surface area contributed by atoms with Crippen molar-refractivity contribution in [3.63, 3.8) is 0 Å². The minimum absolute atomic E-state index is 0.157. The van der Waals surface area contributed by atoms with Crippen LogP contribution in [0, 0.1) is 0 Å². The van der Waals surface area contributed by atoms with Crippen molar-refractivity contribution in [3.8, 4) is 0 Å². The van der Waals surface area contributed by atoms with Crippen LogP contribution in [0.4, 0.5) is 0 Å². The molecule has 0 aliphatic carbocycles. The van der Waals surface area contributed by atoms with Gasteiger partial charge in [-0.05, 0) is 12.5 Å². The number of carbonyl (C=O) groups excluding carboxylic acids is 1. The smallest absolute Gasteiger partial charge is 0.323 e. The van der Waals surface area contributed by atoms with Crippen molar-refractivity contribution >= 4 is 16.2 Å². The van der Waals surface area contributed by atoms with Crippen LogP contribution in [0.15, 0.2) is 42.5 Å². The van der Waals surface area contributed by atoms with Crippen molar-refractivity contribution < 1.29 is 17.9 Å². The van der Waals surface area contributed by atoms with Gasteiger partial charge in [-0.3, -0.25) is 4.79 Å². The summed E-state index contributed by atoms with van der Waals surface area (Å²) >= 11 is 0. The van der Waals surface area contributed by atoms with E-state index in [4.69, 9.17) is 0 Å². The molecule has 0 N–H and O–H groups in total. The monoisotopic (exact) mass is 324 g/mol. The van der Waals surface area contributed by atoms with E-state index in [1.54, 1.807) is 12.2 Å². The van der Waals surface area contributed by atoms with Crippen LogP contribution in [0.1, 0.15) is 12.5 Å². The first-order valence-corrected chi connectivity index (χ1v) is 8.40. The molecule has 0 aromatic heterocycles. The van der Waals surface area contributed by atoms with Crippen LogP contribution < -0.4 is 0 Å². The highest BCUT2D eigenvalue weighted by Gasteiger charge is 2.36. The molecule has 1 heterocycles. The van der Waals surface area contributed by atoms with Gasteiger partial charge in [0.1, 0.15) is 6.04 Å². The molecule has 0 spiro atoms. The van der Waals surface area contributed by atoms with Gasteiger partial charge in [0.2, 0.25) is 0 Å². The SMILES string of the molecule is COC(=O)C(C)N1CC=CCN(Cc2ccccc2)S1(=O)=O. The van der Waals surface area contributed by atoms with Gasteiger partial charge in [0, 0.05) is 19.6 Å². The summed E-state index contributed by atoms with van der Waals surface area (Å²) in [6, 6.07) is 8.49. The first kappa shape index (κ1) is 16.7. The number of benzene rings is 1. The van der Waals surface area contributed by atoms with Crippen LogP contribution in [0.2, 0.25) is 0 Å². The van der Waals surface area contributed by atoms with E-state index < -0.39 is 22.2 Å². The highest BCUT2D eigenvalue weighted by atomic mass is 32.2. The molecule has 1 aromatic carbocycles. The Morgan fingerprint density at radius 1 is 1.23 bits per heavy atom. The Hall–Kier alpha value is -1.70. The van der Waals surface area contributed by atoms with E-state index in [0.29, 0.717) is 0 Å². The average Bonchev–Trinajstić information content (AvgIpc) is 2.66. The predicted molar refractivity (Wildman–Crippen MR) is 83.1 cm³/mol. The summed E-state index contributed by atoms with van der Waals surface area (Å²) in [6.07, 6.45) is 3.55. The first-order valence-electron chi connectivity index (χ1n) is 7.00. The Kier molecular flexibility index (Phi) is 5.33. The normalized spacial score (nSPS) is 20.3. The summed E-state index contributed by atoms with van der Waals surface area (Å²) in [4.78, 5) is 11.7. The maximum atomic E-state index is 12.8. The van der Waals surface area contributed by atoms with Crippen LogP contribution in [0.5, 0.6) is 0 Å². The zero-order chi connectivity index (χ0) is 16.2. The number of carbonyl (C=O) groups is 1. The molecule has 0 fully saturated rings. The van der Waals surface area contributed by atoms with Gasteiger partial charge in [-0.1, -0.05) is 42.5 Å². The second-order valence-electron chi connectivity index (χ2n) is 5.03. The van der Waals surface area contributed by atoms with E-state index in [0.717, 1.165) is 9.87 Å². The van der Waals surface area contributed by atoms with Gasteiger partial charge in [-0.2, -0.15) is 17.0 Å². The van der Waals surface area contributed by atoms with Crippen molar-refractivity contribution in [2.24, 2.45) is 0 Å². The third-order valence-corrected chi connectivity index (χ3v) is 5.55. The Morgan fingerprint density at radius 2 is 1.86 bits per heavy atom. The summed E-state index contributed by atoms with van der Waals surface area (Å²) in [5.74, 6) is -0.571. The van der Waals surface area contributed by atoms with Crippen LogP contribution in [-0.2, 0) is 26.3 Å². The molecular weight excluding hydrogens is 304 g/mol. The van der Waals surface area contributed by atoms with Crippen LogP contribution in [-0.4, -0.2) is 49.2 Å². The lowest BCUT2D eigenvalue weighted by Crippen LogP contribution is -2.49. The quantitative estimate of drug-likeness (QED) is 0.616. The molecule has 2 rings (SSSR count). The minimum atomic E-state index is -3.75. The largest absolute Gasteiger partial charge is 0.468 e. The highest BCUT2D eigenvalue weighted by Crippen LogP contribution is 2.19. The van der Waals surface area contributed by atoms with E-state index in [-0.39, 0.29) is 19.6 Å². The molecular formula is C15H20N2O4S. The number of ether oxygens (including phenoxy) is 1. The Balaban J connectivity index is 2.27. The minimum Gasteiger partial charge on any atom is -0.468 e. The molecule has 1 aliphatic heterocycles. The summed E-state index contributed by atoms with van der Waals surface area (Å²) in [5, 5.41) is 0. The Bertz CT molecular complexity index is 643. The standard InChI is InChI=1S/C15H20N2O4S/c1-13(15(18)21-2)17-11-7-6-10-16(22(17,19)20)12-14-8-4-3-5-9-14/h3-9,13H,10-12H2,1-2H3. The van der Waals surface area contributed by atoms with E-state index >= 15 is 0 Å². The van der Waals surface area contributed by atoms with Gasteiger partial charge in [0.15, 0.2) is 0 Å². The number of rotatable bonds is 4. The maximum Gasteiger partial charge on any atom is 0.323 e. The Labute approximate surface area is 131 Å². The number of esters is 1. The maximum absolute atomic E-state index is 12.8. The number of nitrogens with zero attached hydrogens (tertiary/aromatic N) is 2. The van der Waals surface area contributed by atoms with Crippen molar-refractivity contribution in [2.75, 3.05) is 20.2 Å². The number of hydrogen-bond acceptors (Lipinski definition) is 4. The summed E-state index contributed by atoms with van der Waals surface area (Å²) in [5.41, 5.74) is 0.895. The molecule has 1 unspecified atom stereocenters. The zero-order valence-electron chi connectivity index (χ0n) is 12.7. The highest BCUT2D eigenvalue weighted by molar-refractivity contribution is 7.86. The molecule has 0 amide bonds.